The molecule has 1 aliphatic heterocycles. The van der Waals surface area contributed by atoms with Gasteiger partial charge in [-0.15, -0.1) is 0 Å². The zero-order valence-corrected chi connectivity index (χ0v) is 19.5. The van der Waals surface area contributed by atoms with Crippen molar-refractivity contribution in [2.24, 2.45) is 7.05 Å². The molecule has 0 saturated heterocycles. The van der Waals surface area contributed by atoms with E-state index in [1.165, 1.54) is 0 Å². The number of rotatable bonds is 3. The van der Waals surface area contributed by atoms with Gasteiger partial charge in [-0.1, -0.05) is 18.2 Å². The number of imidazole rings is 1. The lowest BCUT2D eigenvalue weighted by Gasteiger charge is -2.36. The lowest BCUT2D eigenvalue weighted by atomic mass is 9.80. The van der Waals surface area contributed by atoms with Crippen LogP contribution in [0.1, 0.15) is 30.3 Å². The molecule has 1 aromatic carbocycles. The van der Waals surface area contributed by atoms with Crippen LogP contribution >= 0.6 is 0 Å². The van der Waals surface area contributed by atoms with Crippen molar-refractivity contribution in [3.05, 3.63) is 54.2 Å². The third-order valence-corrected chi connectivity index (χ3v) is 6.99. The molecular formula is C25H25F2N7O. The number of pyridine rings is 1. The van der Waals surface area contributed by atoms with Crippen molar-refractivity contribution in [1.82, 2.24) is 34.5 Å². The molecule has 6 rings (SSSR count). The quantitative estimate of drug-likeness (QED) is 0.480. The predicted octanol–water partition coefficient (Wildman–Crippen LogP) is 4.17. The number of aromatic nitrogens is 5. The maximum absolute atomic E-state index is 13.7. The van der Waals surface area contributed by atoms with Crippen LogP contribution in [0.2, 0.25) is 0 Å². The van der Waals surface area contributed by atoms with Crippen LogP contribution in [0.15, 0.2) is 42.7 Å². The first-order chi connectivity index (χ1) is 16.8. The number of urea groups is 1. The number of hydrogen-bond donors (Lipinski definition) is 1. The number of nitrogens with one attached hydrogen (secondary N) is 1. The molecule has 4 aromatic rings. The molecule has 2 aliphatic rings. The lowest BCUT2D eigenvalue weighted by Crippen LogP contribution is -2.43. The molecular weight excluding hydrogens is 452 g/mol. The summed E-state index contributed by atoms with van der Waals surface area (Å²) in [6.45, 7) is 1.39. The van der Waals surface area contributed by atoms with Gasteiger partial charge < -0.3 is 14.8 Å². The van der Waals surface area contributed by atoms with Crippen molar-refractivity contribution in [3.8, 4) is 22.6 Å². The Labute approximate surface area is 200 Å². The fourth-order valence-electron chi connectivity index (χ4n) is 5.17. The van der Waals surface area contributed by atoms with Gasteiger partial charge in [-0.3, -0.25) is 9.67 Å². The van der Waals surface area contributed by atoms with Gasteiger partial charge in [0.05, 0.1) is 23.6 Å². The Bertz CT molecular complexity index is 1450. The highest BCUT2D eigenvalue weighted by atomic mass is 19.3. The molecule has 1 fully saturated rings. The van der Waals surface area contributed by atoms with Crippen molar-refractivity contribution >= 4 is 16.8 Å². The summed E-state index contributed by atoms with van der Waals surface area (Å²) in [5.74, 6) is -2.23. The number of hydrogen-bond acceptors (Lipinski definition) is 4. The van der Waals surface area contributed by atoms with E-state index in [9.17, 15) is 13.6 Å². The Morgan fingerprint density at radius 2 is 2.00 bits per heavy atom. The minimum absolute atomic E-state index is 0.167. The fraction of sp³-hybridized carbons (Fsp3) is 0.360. The number of halogens is 2. The average molecular weight is 478 g/mol. The molecule has 10 heteroatoms. The summed E-state index contributed by atoms with van der Waals surface area (Å²) in [6.07, 6.45) is 3.31. The van der Waals surface area contributed by atoms with E-state index in [2.05, 4.69) is 15.4 Å². The number of carbonyl (C=O) groups excluding carboxylic acids is 1. The first-order valence-corrected chi connectivity index (χ1v) is 11.7. The number of amides is 2. The molecule has 4 heterocycles. The topological polar surface area (TPSA) is 80.9 Å². The molecule has 3 aromatic heterocycles. The molecule has 0 spiro atoms. The van der Waals surface area contributed by atoms with Gasteiger partial charge >= 0.3 is 6.03 Å². The molecule has 8 nitrogen and oxygen atoms in total. The molecule has 35 heavy (non-hydrogen) atoms. The van der Waals surface area contributed by atoms with Crippen LogP contribution in [0.4, 0.5) is 13.6 Å². The smallest absolute Gasteiger partial charge is 0.317 e. The normalized spacial score (nSPS) is 17.3. The zero-order valence-electron chi connectivity index (χ0n) is 19.5. The van der Waals surface area contributed by atoms with Crippen molar-refractivity contribution in [2.45, 2.75) is 37.8 Å². The molecule has 0 unspecified atom stereocenters. The van der Waals surface area contributed by atoms with Gasteiger partial charge in [-0.25, -0.2) is 18.6 Å². The number of carbonyl (C=O) groups is 1. The van der Waals surface area contributed by atoms with Crippen molar-refractivity contribution in [2.75, 3.05) is 13.6 Å². The first-order valence-electron chi connectivity index (χ1n) is 11.7. The van der Waals surface area contributed by atoms with Crippen molar-refractivity contribution < 1.29 is 13.6 Å². The number of benzene rings is 1. The van der Waals surface area contributed by atoms with E-state index in [0.29, 0.717) is 25.5 Å². The molecule has 180 valence electrons. The standard InChI is InChI=1S/C25H25F2N7O/c1-28-24(35)33-8-9-34-21(14-33)22(30-23(34)16-11-25(26,27)12-16)17-5-3-4-15-10-20(29-13-18(15)17)19-6-7-32(2)31-19/h3-7,10,13,16H,8-9,11-12,14H2,1-2H3,(H,28,35). The highest BCUT2D eigenvalue weighted by molar-refractivity contribution is 5.97. The van der Waals surface area contributed by atoms with Gasteiger partial charge in [-0.05, 0) is 17.5 Å². The molecule has 1 saturated carbocycles. The second kappa shape index (κ2) is 7.86. The zero-order chi connectivity index (χ0) is 24.3. The van der Waals surface area contributed by atoms with E-state index in [1.807, 2.05) is 54.3 Å². The molecule has 1 aliphatic carbocycles. The SMILES string of the molecule is CNC(=O)N1CCn2c(C3CC(F)(F)C3)nc(-c3cccc4cc(-c5ccn(C)n5)ncc34)c2C1. The van der Waals surface area contributed by atoms with Gasteiger partial charge in [0.2, 0.25) is 5.92 Å². The summed E-state index contributed by atoms with van der Waals surface area (Å²) in [5, 5.41) is 9.02. The molecule has 1 N–H and O–H groups in total. The maximum atomic E-state index is 13.7. The van der Waals surface area contributed by atoms with E-state index < -0.39 is 5.92 Å². The number of nitrogens with zero attached hydrogens (tertiary/aromatic N) is 6. The third-order valence-electron chi connectivity index (χ3n) is 6.99. The largest absolute Gasteiger partial charge is 0.341 e. The second-order valence-electron chi connectivity index (χ2n) is 9.33. The third kappa shape index (κ3) is 3.64. The summed E-state index contributed by atoms with van der Waals surface area (Å²) in [5.41, 5.74) is 4.02. The minimum Gasteiger partial charge on any atom is -0.341 e. The number of fused-ring (bicyclic) bond motifs is 2. The molecule has 2 amide bonds. The maximum Gasteiger partial charge on any atom is 0.317 e. The summed E-state index contributed by atoms with van der Waals surface area (Å²) in [7, 11) is 3.47. The minimum atomic E-state index is -2.63. The second-order valence-corrected chi connectivity index (χ2v) is 9.33. The van der Waals surface area contributed by atoms with Crippen molar-refractivity contribution in [3.63, 3.8) is 0 Å². The van der Waals surface area contributed by atoms with Crippen LogP contribution in [0.25, 0.3) is 33.4 Å². The predicted molar refractivity (Wildman–Crippen MR) is 127 cm³/mol. The van der Waals surface area contributed by atoms with Crippen LogP contribution < -0.4 is 5.32 Å². The van der Waals surface area contributed by atoms with Crippen LogP contribution in [0.3, 0.4) is 0 Å². The summed E-state index contributed by atoms with van der Waals surface area (Å²) < 4.78 is 31.2. The Morgan fingerprint density at radius 3 is 2.71 bits per heavy atom. The van der Waals surface area contributed by atoms with E-state index >= 15 is 0 Å². The molecule has 0 bridgehead atoms. The van der Waals surface area contributed by atoms with Crippen LogP contribution in [-0.4, -0.2) is 54.8 Å². The van der Waals surface area contributed by atoms with E-state index in [1.54, 1.807) is 16.6 Å². The van der Waals surface area contributed by atoms with Gasteiger partial charge in [0.25, 0.3) is 0 Å². The summed E-state index contributed by atoms with van der Waals surface area (Å²) in [4.78, 5) is 23.7. The average Bonchev–Trinajstić information content (AvgIpc) is 3.44. The van der Waals surface area contributed by atoms with Gasteiger partial charge in [0.15, 0.2) is 0 Å². The highest BCUT2D eigenvalue weighted by Gasteiger charge is 2.48. The van der Waals surface area contributed by atoms with E-state index in [4.69, 9.17) is 4.98 Å². The Hall–Kier alpha value is -3.82. The first kappa shape index (κ1) is 21.7. The summed E-state index contributed by atoms with van der Waals surface area (Å²) in [6, 6.07) is 9.69. The highest BCUT2D eigenvalue weighted by Crippen LogP contribution is 2.49. The van der Waals surface area contributed by atoms with Crippen molar-refractivity contribution in [1.29, 1.82) is 0 Å². The fourth-order valence-corrected chi connectivity index (χ4v) is 5.17. The van der Waals surface area contributed by atoms with Crippen LogP contribution in [-0.2, 0) is 20.1 Å². The van der Waals surface area contributed by atoms with Gasteiger partial charge in [0.1, 0.15) is 11.5 Å². The lowest BCUT2D eigenvalue weighted by molar-refractivity contribution is -0.0892. The molecule has 0 radical (unpaired) electrons. The number of aryl methyl sites for hydroxylation is 1. The van der Waals surface area contributed by atoms with Gasteiger partial charge in [-0.2, -0.15) is 5.10 Å². The summed E-state index contributed by atoms with van der Waals surface area (Å²) >= 11 is 0. The van der Waals surface area contributed by atoms with Gasteiger partial charge in [0, 0.05) is 69.3 Å². The van der Waals surface area contributed by atoms with Crippen LogP contribution in [0.5, 0.6) is 0 Å². The Kier molecular flexibility index (Phi) is 4.87. The Balaban J connectivity index is 1.47. The number of alkyl halides is 2. The Morgan fingerprint density at radius 1 is 1.17 bits per heavy atom. The van der Waals surface area contributed by atoms with Crippen LogP contribution in [0, 0.1) is 0 Å². The molecule has 0 atom stereocenters. The van der Waals surface area contributed by atoms with E-state index in [-0.39, 0.29) is 24.8 Å². The monoisotopic (exact) mass is 477 g/mol. The van der Waals surface area contributed by atoms with E-state index in [0.717, 1.165) is 39.1 Å².